The van der Waals surface area contributed by atoms with E-state index in [1.807, 2.05) is 0 Å². The zero-order valence-electron chi connectivity index (χ0n) is 17.5. The minimum absolute atomic E-state index is 0.000748. The van der Waals surface area contributed by atoms with E-state index in [1.165, 1.54) is 36.4 Å². The van der Waals surface area contributed by atoms with E-state index in [0.29, 0.717) is 5.02 Å². The van der Waals surface area contributed by atoms with Crippen LogP contribution in [-0.2, 0) is 12.7 Å². The van der Waals surface area contributed by atoms with Gasteiger partial charge in [-0.1, -0.05) is 37.1 Å². The second-order valence-electron chi connectivity index (χ2n) is 8.11. The monoisotopic (exact) mass is 465 g/mol. The zero-order valence-corrected chi connectivity index (χ0v) is 18.3. The van der Waals surface area contributed by atoms with Crippen LogP contribution in [0.3, 0.4) is 0 Å². The van der Waals surface area contributed by atoms with Crippen molar-refractivity contribution in [1.82, 2.24) is 4.90 Å². The molecular formula is C24H23ClF3NO3. The summed E-state index contributed by atoms with van der Waals surface area (Å²) in [7, 11) is 0. The number of hydrogen-bond donors (Lipinski definition) is 1. The summed E-state index contributed by atoms with van der Waals surface area (Å²) < 4.78 is 47.4. The summed E-state index contributed by atoms with van der Waals surface area (Å²) in [5.41, 5.74) is -1.32. The molecule has 170 valence electrons. The molecule has 3 aromatic rings. The Morgan fingerprint density at radius 3 is 2.53 bits per heavy atom. The van der Waals surface area contributed by atoms with Crippen molar-refractivity contribution in [3.05, 3.63) is 63.0 Å². The summed E-state index contributed by atoms with van der Waals surface area (Å²) in [4.78, 5) is 15.4. The van der Waals surface area contributed by atoms with E-state index in [2.05, 4.69) is 11.8 Å². The van der Waals surface area contributed by atoms with Crippen molar-refractivity contribution in [3.8, 4) is 16.9 Å². The lowest BCUT2D eigenvalue weighted by Gasteiger charge is -2.35. The molecule has 0 saturated carbocycles. The Kier molecular flexibility index (Phi) is 6.23. The van der Waals surface area contributed by atoms with Crippen molar-refractivity contribution in [2.24, 2.45) is 0 Å². The van der Waals surface area contributed by atoms with Crippen molar-refractivity contribution in [1.29, 1.82) is 0 Å². The first-order valence-corrected chi connectivity index (χ1v) is 11.0. The Morgan fingerprint density at radius 1 is 1.16 bits per heavy atom. The first kappa shape index (κ1) is 22.7. The molecule has 1 aliphatic rings. The van der Waals surface area contributed by atoms with Crippen LogP contribution >= 0.6 is 11.6 Å². The number of nitrogens with zero attached hydrogens (tertiary/aromatic N) is 1. The number of fused-ring (bicyclic) bond motifs is 1. The molecule has 0 aliphatic carbocycles. The number of phenols is 1. The van der Waals surface area contributed by atoms with E-state index in [-0.39, 0.29) is 40.4 Å². The van der Waals surface area contributed by atoms with Crippen molar-refractivity contribution in [2.75, 3.05) is 6.54 Å². The molecule has 0 unspecified atom stereocenters. The molecule has 0 spiro atoms. The summed E-state index contributed by atoms with van der Waals surface area (Å²) in [5.74, 6) is -1.57. The first-order valence-electron chi connectivity index (χ1n) is 10.6. The number of phenolic OH excluding ortho intramolecular Hbond substituents is 1. The summed E-state index contributed by atoms with van der Waals surface area (Å²) >= 11 is 5.86. The van der Waals surface area contributed by atoms with Crippen molar-refractivity contribution >= 4 is 22.6 Å². The van der Waals surface area contributed by atoms with Crippen LogP contribution in [0.2, 0.25) is 5.02 Å². The van der Waals surface area contributed by atoms with Gasteiger partial charge in [0, 0.05) is 17.6 Å². The van der Waals surface area contributed by atoms with Crippen LogP contribution in [0.1, 0.15) is 43.9 Å². The Labute approximate surface area is 188 Å². The van der Waals surface area contributed by atoms with Gasteiger partial charge in [-0.25, -0.2) is 0 Å². The molecule has 0 radical (unpaired) electrons. The molecule has 8 heteroatoms. The van der Waals surface area contributed by atoms with Crippen LogP contribution in [0, 0.1) is 0 Å². The molecule has 1 fully saturated rings. The highest BCUT2D eigenvalue weighted by atomic mass is 35.5. The van der Waals surface area contributed by atoms with E-state index < -0.39 is 22.9 Å². The fourth-order valence-electron chi connectivity index (χ4n) is 4.47. The summed E-state index contributed by atoms with van der Waals surface area (Å²) in [6, 6.07) is 8.48. The maximum atomic E-state index is 14.0. The zero-order chi connectivity index (χ0) is 23.0. The lowest BCUT2D eigenvalue weighted by molar-refractivity contribution is -0.152. The van der Waals surface area contributed by atoms with Crippen LogP contribution in [0.4, 0.5) is 13.2 Å². The van der Waals surface area contributed by atoms with Crippen LogP contribution in [0.25, 0.3) is 22.1 Å². The molecule has 2 aromatic carbocycles. The van der Waals surface area contributed by atoms with Gasteiger partial charge in [0.15, 0.2) is 0 Å². The lowest BCUT2D eigenvalue weighted by Crippen LogP contribution is -2.38. The van der Waals surface area contributed by atoms with Crippen LogP contribution < -0.4 is 5.43 Å². The number of halogens is 4. The number of piperidine rings is 1. The number of benzene rings is 2. The molecule has 1 saturated heterocycles. The van der Waals surface area contributed by atoms with E-state index in [9.17, 15) is 23.1 Å². The van der Waals surface area contributed by atoms with Crippen molar-refractivity contribution in [2.45, 2.75) is 51.4 Å². The second kappa shape index (κ2) is 8.79. The first-order chi connectivity index (χ1) is 15.2. The third kappa shape index (κ3) is 4.24. The van der Waals surface area contributed by atoms with Gasteiger partial charge in [-0.15, -0.1) is 0 Å². The van der Waals surface area contributed by atoms with E-state index >= 15 is 0 Å². The minimum atomic E-state index is -4.90. The summed E-state index contributed by atoms with van der Waals surface area (Å²) in [6.07, 6.45) is -0.957. The van der Waals surface area contributed by atoms with Crippen LogP contribution in [0.15, 0.2) is 45.6 Å². The van der Waals surface area contributed by atoms with Crippen LogP contribution in [-0.4, -0.2) is 22.6 Å². The van der Waals surface area contributed by atoms with Crippen LogP contribution in [0.5, 0.6) is 5.75 Å². The quantitative estimate of drug-likeness (QED) is 0.471. The minimum Gasteiger partial charge on any atom is -0.507 e. The fraction of sp³-hybridized carbons (Fsp3) is 0.375. The highest BCUT2D eigenvalue weighted by Crippen LogP contribution is 2.40. The Balaban J connectivity index is 1.94. The van der Waals surface area contributed by atoms with Gasteiger partial charge in [-0.2, -0.15) is 13.2 Å². The molecule has 0 bridgehead atoms. The number of aromatic hydroxyl groups is 1. The van der Waals surface area contributed by atoms with E-state index in [0.717, 1.165) is 32.2 Å². The molecule has 4 nitrogen and oxygen atoms in total. The van der Waals surface area contributed by atoms with Gasteiger partial charge < -0.3 is 9.52 Å². The molecule has 1 aromatic heterocycles. The third-order valence-electron chi connectivity index (χ3n) is 6.11. The van der Waals surface area contributed by atoms with Crippen molar-refractivity contribution in [3.63, 3.8) is 0 Å². The SMILES string of the molecule is CC[C@@H]1CCCCN1Cc1c(O)ccc2c(=O)c(-c3ccc(Cl)cc3)c(C(F)(F)F)oc12. The molecular weight excluding hydrogens is 443 g/mol. The van der Waals surface area contributed by atoms with E-state index in [1.54, 1.807) is 0 Å². The van der Waals surface area contributed by atoms with Gasteiger partial charge in [0.05, 0.1) is 16.5 Å². The molecule has 4 rings (SSSR count). The van der Waals surface area contributed by atoms with Crippen molar-refractivity contribution < 1.29 is 22.7 Å². The lowest BCUT2D eigenvalue weighted by atomic mass is 9.97. The average Bonchev–Trinajstić information content (AvgIpc) is 2.76. The largest absolute Gasteiger partial charge is 0.507 e. The second-order valence-corrected chi connectivity index (χ2v) is 8.54. The number of alkyl halides is 3. The van der Waals surface area contributed by atoms with Gasteiger partial charge in [0.25, 0.3) is 0 Å². The Morgan fingerprint density at radius 2 is 1.88 bits per heavy atom. The molecule has 2 heterocycles. The standard InChI is InChI=1S/C24H23ClF3NO3/c1-2-16-5-3-4-12-29(16)13-18-19(30)11-10-17-21(31)20(14-6-8-15(25)9-7-14)23(24(26,27)28)32-22(17)18/h6-11,16,30H,2-5,12-13H2,1H3/t16-/m1/s1. The number of rotatable bonds is 4. The summed E-state index contributed by atoms with van der Waals surface area (Å²) in [6.45, 7) is 3.04. The van der Waals surface area contributed by atoms with Gasteiger partial charge in [-0.3, -0.25) is 9.69 Å². The van der Waals surface area contributed by atoms with E-state index in [4.69, 9.17) is 16.0 Å². The predicted octanol–water partition coefficient (Wildman–Crippen LogP) is 6.60. The molecule has 1 atom stereocenters. The summed E-state index contributed by atoms with van der Waals surface area (Å²) in [5, 5.41) is 10.9. The number of likely N-dealkylation sites (tertiary alicyclic amines) is 1. The predicted molar refractivity (Wildman–Crippen MR) is 118 cm³/mol. The average molecular weight is 466 g/mol. The molecule has 1 aliphatic heterocycles. The Hall–Kier alpha value is -2.51. The Bertz CT molecular complexity index is 1190. The topological polar surface area (TPSA) is 53.7 Å². The fourth-order valence-corrected chi connectivity index (χ4v) is 4.59. The molecule has 0 amide bonds. The maximum absolute atomic E-state index is 14.0. The van der Waals surface area contributed by atoms with Gasteiger partial charge >= 0.3 is 6.18 Å². The highest BCUT2D eigenvalue weighted by molar-refractivity contribution is 6.30. The molecule has 32 heavy (non-hydrogen) atoms. The third-order valence-corrected chi connectivity index (χ3v) is 6.36. The number of hydrogen-bond acceptors (Lipinski definition) is 4. The van der Waals surface area contributed by atoms with Gasteiger partial charge in [0.1, 0.15) is 11.3 Å². The maximum Gasteiger partial charge on any atom is 0.450 e. The van der Waals surface area contributed by atoms with Gasteiger partial charge in [-0.05, 0) is 55.6 Å². The highest BCUT2D eigenvalue weighted by Gasteiger charge is 2.40. The molecule has 1 N–H and O–H groups in total. The normalized spacial score (nSPS) is 17.7. The smallest absolute Gasteiger partial charge is 0.450 e. The van der Waals surface area contributed by atoms with Gasteiger partial charge in [0.2, 0.25) is 11.2 Å².